The van der Waals surface area contributed by atoms with Crippen molar-refractivity contribution in [2.75, 3.05) is 32.9 Å². The molecule has 1 aromatic carbocycles. The first kappa shape index (κ1) is 19.7. The van der Waals surface area contributed by atoms with E-state index in [-0.39, 0.29) is 11.5 Å². The maximum Gasteiger partial charge on any atom is 0.439 e. The van der Waals surface area contributed by atoms with Crippen LogP contribution in [-0.4, -0.2) is 65.1 Å². The third-order valence-corrected chi connectivity index (χ3v) is 5.38. The highest BCUT2D eigenvalue weighted by molar-refractivity contribution is 5.85. The van der Waals surface area contributed by atoms with Gasteiger partial charge in [-0.3, -0.25) is 14.3 Å². The molecule has 2 aliphatic heterocycles. The van der Waals surface area contributed by atoms with Gasteiger partial charge in [-0.2, -0.15) is 0 Å². The van der Waals surface area contributed by atoms with E-state index in [9.17, 15) is 9.59 Å². The summed E-state index contributed by atoms with van der Waals surface area (Å²) in [5, 5.41) is 3.68. The Morgan fingerprint density at radius 2 is 2.07 bits per heavy atom. The highest BCUT2D eigenvalue weighted by Crippen LogP contribution is 2.31. The topological polar surface area (TPSA) is 107 Å². The smallest absolute Gasteiger partial charge is 0.439 e. The molecule has 1 N–H and O–H groups in total. The van der Waals surface area contributed by atoms with Crippen molar-refractivity contribution in [2.24, 2.45) is 0 Å². The molecule has 2 aromatic rings. The number of aromatic amines is 1. The normalized spacial score (nSPS) is 19.3. The van der Waals surface area contributed by atoms with Crippen LogP contribution in [0.2, 0.25) is 0 Å². The Morgan fingerprint density at radius 3 is 2.79 bits per heavy atom. The quantitative estimate of drug-likeness (QED) is 0.826. The van der Waals surface area contributed by atoms with Gasteiger partial charge in [0.2, 0.25) is 0 Å². The van der Waals surface area contributed by atoms with Gasteiger partial charge >= 0.3 is 5.76 Å². The summed E-state index contributed by atoms with van der Waals surface area (Å²) in [5.41, 5.74) is -0.760. The van der Waals surface area contributed by atoms with Gasteiger partial charge in [0.05, 0.1) is 18.8 Å². The fourth-order valence-corrected chi connectivity index (χ4v) is 3.84. The molecule has 1 spiro atoms. The second kappa shape index (κ2) is 7.64. The minimum Gasteiger partial charge on any atom is -0.478 e. The lowest BCUT2D eigenvalue weighted by Gasteiger charge is -2.46. The molecule has 9 heteroatoms. The Kier molecular flexibility index (Phi) is 5.18. The van der Waals surface area contributed by atoms with E-state index in [2.05, 4.69) is 14.7 Å². The zero-order valence-corrected chi connectivity index (χ0v) is 16.6. The van der Waals surface area contributed by atoms with Gasteiger partial charge in [0.15, 0.2) is 11.4 Å². The summed E-state index contributed by atoms with van der Waals surface area (Å²) < 4.78 is 22.1. The molecular formula is C20H25N3O6. The minimum atomic E-state index is -1.07. The number of nitrogens with zero attached hydrogens (tertiary/aromatic N) is 2. The number of hydrogen-bond acceptors (Lipinski definition) is 7. The van der Waals surface area contributed by atoms with E-state index >= 15 is 0 Å². The SMILES string of the molecule is CC(C)(Oc1cccc(-c2noc(=O)[nH]2)c1)C(=O)N1CCOC2(CCOCC2)C1. The fourth-order valence-electron chi connectivity index (χ4n) is 3.84. The first-order valence-corrected chi connectivity index (χ1v) is 9.74. The molecule has 2 fully saturated rings. The van der Waals surface area contributed by atoms with Crippen LogP contribution in [0.15, 0.2) is 33.6 Å². The summed E-state index contributed by atoms with van der Waals surface area (Å²) in [5.74, 6) is 0.0843. The zero-order chi connectivity index (χ0) is 20.5. The van der Waals surface area contributed by atoms with Crippen LogP contribution in [0, 0.1) is 0 Å². The summed E-state index contributed by atoms with van der Waals surface area (Å²) in [6.07, 6.45) is 1.58. The summed E-state index contributed by atoms with van der Waals surface area (Å²) in [4.78, 5) is 28.8. The Labute approximate surface area is 167 Å². The van der Waals surface area contributed by atoms with Crippen molar-refractivity contribution >= 4 is 5.91 Å². The van der Waals surface area contributed by atoms with E-state index < -0.39 is 11.4 Å². The first-order valence-electron chi connectivity index (χ1n) is 9.74. The number of ether oxygens (including phenoxy) is 3. The highest BCUT2D eigenvalue weighted by Gasteiger charge is 2.43. The molecular weight excluding hydrogens is 378 g/mol. The van der Waals surface area contributed by atoms with Crippen molar-refractivity contribution in [3.8, 4) is 17.1 Å². The maximum absolute atomic E-state index is 13.2. The van der Waals surface area contributed by atoms with Crippen molar-refractivity contribution in [1.82, 2.24) is 15.0 Å². The Morgan fingerprint density at radius 1 is 1.28 bits per heavy atom. The van der Waals surface area contributed by atoms with Crippen LogP contribution < -0.4 is 10.5 Å². The van der Waals surface area contributed by atoms with Gasteiger partial charge in [-0.05, 0) is 26.0 Å². The lowest BCUT2D eigenvalue weighted by Crippen LogP contribution is -2.60. The molecule has 2 aliphatic rings. The van der Waals surface area contributed by atoms with E-state index in [1.807, 2.05) is 4.90 Å². The third kappa shape index (κ3) is 4.20. The monoisotopic (exact) mass is 403 g/mol. The molecule has 0 saturated carbocycles. The van der Waals surface area contributed by atoms with Crippen LogP contribution in [0.4, 0.5) is 0 Å². The molecule has 29 heavy (non-hydrogen) atoms. The van der Waals surface area contributed by atoms with Crippen molar-refractivity contribution in [1.29, 1.82) is 0 Å². The fraction of sp³-hybridized carbons (Fsp3) is 0.550. The number of nitrogens with one attached hydrogen (secondary N) is 1. The Bertz CT molecular complexity index is 923. The minimum absolute atomic E-state index is 0.0908. The van der Waals surface area contributed by atoms with Gasteiger partial charge in [-0.1, -0.05) is 17.3 Å². The molecule has 1 aromatic heterocycles. The summed E-state index contributed by atoms with van der Waals surface area (Å²) >= 11 is 0. The van der Waals surface area contributed by atoms with Crippen molar-refractivity contribution < 1.29 is 23.5 Å². The molecule has 0 unspecified atom stereocenters. The van der Waals surface area contributed by atoms with Crippen molar-refractivity contribution in [3.63, 3.8) is 0 Å². The number of carbonyl (C=O) groups is 1. The van der Waals surface area contributed by atoms with E-state index in [1.54, 1.807) is 38.1 Å². The average molecular weight is 403 g/mol. The molecule has 0 bridgehead atoms. The van der Waals surface area contributed by atoms with Crippen molar-refractivity contribution in [2.45, 2.75) is 37.9 Å². The van der Waals surface area contributed by atoms with Crippen LogP contribution in [-0.2, 0) is 14.3 Å². The number of benzene rings is 1. The summed E-state index contributed by atoms with van der Waals surface area (Å²) in [7, 11) is 0. The molecule has 156 valence electrons. The predicted octanol–water partition coefficient (Wildman–Crippen LogP) is 1.60. The maximum atomic E-state index is 13.2. The number of hydrogen-bond donors (Lipinski definition) is 1. The molecule has 0 radical (unpaired) electrons. The average Bonchev–Trinajstić information content (AvgIpc) is 3.14. The molecule has 0 aliphatic carbocycles. The van der Waals surface area contributed by atoms with Crippen molar-refractivity contribution in [3.05, 3.63) is 34.8 Å². The van der Waals surface area contributed by atoms with E-state index in [0.29, 0.717) is 50.0 Å². The van der Waals surface area contributed by atoms with Gasteiger partial charge in [0, 0.05) is 38.2 Å². The molecule has 0 atom stereocenters. The molecule has 2 saturated heterocycles. The summed E-state index contributed by atoms with van der Waals surface area (Å²) in [6.45, 7) is 6.41. The van der Waals surface area contributed by atoms with Crippen LogP contribution >= 0.6 is 0 Å². The largest absolute Gasteiger partial charge is 0.478 e. The molecule has 3 heterocycles. The number of H-pyrrole nitrogens is 1. The highest BCUT2D eigenvalue weighted by atomic mass is 16.5. The lowest BCUT2D eigenvalue weighted by atomic mass is 9.91. The van der Waals surface area contributed by atoms with Gasteiger partial charge in [-0.25, -0.2) is 4.79 Å². The molecule has 1 amide bonds. The Balaban J connectivity index is 1.48. The number of rotatable bonds is 4. The number of aromatic nitrogens is 2. The molecule has 4 rings (SSSR count). The van der Waals surface area contributed by atoms with E-state index in [4.69, 9.17) is 14.2 Å². The predicted molar refractivity (Wildman–Crippen MR) is 103 cm³/mol. The van der Waals surface area contributed by atoms with E-state index in [1.165, 1.54) is 0 Å². The van der Waals surface area contributed by atoms with E-state index in [0.717, 1.165) is 12.8 Å². The van der Waals surface area contributed by atoms with Crippen LogP contribution in [0.3, 0.4) is 0 Å². The lowest BCUT2D eigenvalue weighted by molar-refractivity contribution is -0.176. The third-order valence-electron chi connectivity index (χ3n) is 5.38. The second-order valence-electron chi connectivity index (χ2n) is 7.95. The van der Waals surface area contributed by atoms with Gasteiger partial charge in [-0.15, -0.1) is 0 Å². The first-order chi connectivity index (χ1) is 13.9. The molecule has 9 nitrogen and oxygen atoms in total. The second-order valence-corrected chi connectivity index (χ2v) is 7.95. The van der Waals surface area contributed by atoms with Crippen LogP contribution in [0.25, 0.3) is 11.4 Å². The van der Waals surface area contributed by atoms with Crippen LogP contribution in [0.5, 0.6) is 5.75 Å². The van der Waals surface area contributed by atoms with Gasteiger partial charge in [0.1, 0.15) is 5.75 Å². The number of amides is 1. The van der Waals surface area contributed by atoms with Gasteiger partial charge in [0.25, 0.3) is 5.91 Å². The van der Waals surface area contributed by atoms with Crippen LogP contribution in [0.1, 0.15) is 26.7 Å². The summed E-state index contributed by atoms with van der Waals surface area (Å²) in [6, 6.07) is 7.01. The standard InChI is InChI=1S/C20H25N3O6/c1-19(2,17(24)23-8-11-27-20(13-23)6-9-26-10-7-20)28-15-5-3-4-14(12-15)16-21-18(25)29-22-16/h3-5,12H,6-11,13H2,1-2H3,(H,21,22,25). The van der Waals surface area contributed by atoms with Gasteiger partial charge < -0.3 is 19.1 Å². The Hall–Kier alpha value is -2.65. The number of morpholine rings is 1. The zero-order valence-electron chi connectivity index (χ0n) is 16.6. The number of carbonyl (C=O) groups excluding carboxylic acids is 1.